The molecule has 0 aliphatic carbocycles. The fraction of sp³-hybridized carbons (Fsp3) is 0.103. The fourth-order valence-electron chi connectivity index (χ4n) is 4.23. The zero-order valence-electron chi connectivity index (χ0n) is 18.6. The maximum atomic E-state index is 13.7. The molecule has 1 unspecified atom stereocenters. The number of benzene rings is 4. The molecule has 0 saturated carbocycles. The number of nitrogens with one attached hydrogen (secondary N) is 1. The van der Waals surface area contributed by atoms with Gasteiger partial charge in [0.2, 0.25) is 5.91 Å². The monoisotopic (exact) mass is 449 g/mol. The summed E-state index contributed by atoms with van der Waals surface area (Å²) in [6.45, 7) is 0.309. The number of carbonyl (C=O) groups excluding carboxylic acids is 1. The molecule has 4 nitrogen and oxygen atoms in total. The molecule has 5 aromatic rings. The lowest BCUT2D eigenvalue weighted by Crippen LogP contribution is -2.33. The predicted molar refractivity (Wildman–Crippen MR) is 132 cm³/mol. The Morgan fingerprint density at radius 2 is 1.44 bits per heavy atom. The molecule has 0 spiro atoms. The second-order valence-corrected chi connectivity index (χ2v) is 8.21. The Morgan fingerprint density at radius 3 is 2.18 bits per heavy atom. The molecule has 1 amide bonds. The molecule has 5 rings (SSSR count). The molecule has 0 fully saturated rings. The van der Waals surface area contributed by atoms with Crippen molar-refractivity contribution in [3.63, 3.8) is 0 Å². The topological polar surface area (TPSA) is 46.9 Å². The van der Waals surface area contributed by atoms with Gasteiger partial charge in [-0.05, 0) is 41.0 Å². The number of rotatable bonds is 7. The third-order valence-electron chi connectivity index (χ3n) is 5.88. The number of hydrogen-bond donors (Lipinski definition) is 1. The van der Waals surface area contributed by atoms with Gasteiger partial charge < -0.3 is 9.88 Å². The number of para-hydroxylation sites is 2. The van der Waals surface area contributed by atoms with Crippen LogP contribution in [-0.4, -0.2) is 15.5 Å². The van der Waals surface area contributed by atoms with Gasteiger partial charge in [0, 0.05) is 13.0 Å². The van der Waals surface area contributed by atoms with Gasteiger partial charge in [-0.2, -0.15) is 0 Å². The van der Waals surface area contributed by atoms with Crippen LogP contribution in [0.3, 0.4) is 0 Å². The highest BCUT2D eigenvalue weighted by atomic mass is 19.1. The summed E-state index contributed by atoms with van der Waals surface area (Å²) in [4.78, 5) is 18.6. The van der Waals surface area contributed by atoms with E-state index in [0.717, 1.165) is 33.5 Å². The molecule has 0 aliphatic rings. The molecule has 4 aromatic carbocycles. The normalized spacial score (nSPS) is 11.9. The molecule has 1 N–H and O–H groups in total. The SMILES string of the molecule is O=C(NCc1ccc(F)cc1)C(c1ccccc1)n1c(Cc2ccccc2)nc2ccccc21. The molecule has 1 atom stereocenters. The van der Waals surface area contributed by atoms with E-state index in [4.69, 9.17) is 4.98 Å². The lowest BCUT2D eigenvalue weighted by Gasteiger charge is -2.22. The molecule has 1 aromatic heterocycles. The predicted octanol–water partition coefficient (Wildman–Crippen LogP) is 5.67. The van der Waals surface area contributed by atoms with Crippen molar-refractivity contribution in [1.29, 1.82) is 0 Å². The van der Waals surface area contributed by atoms with Crippen molar-refractivity contribution in [3.05, 3.63) is 138 Å². The first-order valence-corrected chi connectivity index (χ1v) is 11.3. The van der Waals surface area contributed by atoms with Crippen molar-refractivity contribution < 1.29 is 9.18 Å². The first kappa shape index (κ1) is 21.6. The van der Waals surface area contributed by atoms with E-state index >= 15 is 0 Å². The van der Waals surface area contributed by atoms with E-state index in [2.05, 4.69) is 17.4 Å². The Labute approximate surface area is 197 Å². The van der Waals surface area contributed by atoms with Gasteiger partial charge in [-0.1, -0.05) is 84.9 Å². The summed E-state index contributed by atoms with van der Waals surface area (Å²) in [6.07, 6.45) is 0.601. The minimum absolute atomic E-state index is 0.145. The van der Waals surface area contributed by atoms with Crippen LogP contribution in [0.15, 0.2) is 109 Å². The summed E-state index contributed by atoms with van der Waals surface area (Å²) in [6, 6.07) is 33.3. The lowest BCUT2D eigenvalue weighted by atomic mass is 10.0. The molecule has 0 bridgehead atoms. The summed E-state index contributed by atoms with van der Waals surface area (Å²) >= 11 is 0. The molecule has 168 valence electrons. The van der Waals surface area contributed by atoms with E-state index < -0.39 is 6.04 Å². The van der Waals surface area contributed by atoms with Gasteiger partial charge in [-0.3, -0.25) is 4.79 Å². The van der Waals surface area contributed by atoms with E-state index in [1.54, 1.807) is 12.1 Å². The molecular weight excluding hydrogens is 425 g/mol. The van der Waals surface area contributed by atoms with Gasteiger partial charge in [0.1, 0.15) is 17.7 Å². The third-order valence-corrected chi connectivity index (χ3v) is 5.88. The molecule has 0 radical (unpaired) electrons. The second kappa shape index (κ2) is 9.71. The fourth-order valence-corrected chi connectivity index (χ4v) is 4.23. The van der Waals surface area contributed by atoms with Gasteiger partial charge in [-0.15, -0.1) is 0 Å². The Bertz CT molecular complexity index is 1400. The van der Waals surface area contributed by atoms with Crippen molar-refractivity contribution in [2.45, 2.75) is 19.0 Å². The largest absolute Gasteiger partial charge is 0.350 e. The molecule has 0 aliphatic heterocycles. The van der Waals surface area contributed by atoms with Crippen molar-refractivity contribution >= 4 is 16.9 Å². The number of carbonyl (C=O) groups is 1. The Morgan fingerprint density at radius 1 is 0.794 bits per heavy atom. The average molecular weight is 450 g/mol. The minimum atomic E-state index is -0.604. The van der Waals surface area contributed by atoms with Crippen LogP contribution in [0.1, 0.15) is 28.6 Å². The van der Waals surface area contributed by atoms with Gasteiger partial charge in [0.25, 0.3) is 0 Å². The third kappa shape index (κ3) is 4.59. The molecular formula is C29H24FN3O. The van der Waals surface area contributed by atoms with Crippen LogP contribution < -0.4 is 5.32 Å². The summed E-state index contributed by atoms with van der Waals surface area (Å²) in [5.74, 6) is 0.374. The maximum Gasteiger partial charge on any atom is 0.248 e. The zero-order valence-corrected chi connectivity index (χ0v) is 18.6. The van der Waals surface area contributed by atoms with E-state index in [1.165, 1.54) is 12.1 Å². The number of amides is 1. The van der Waals surface area contributed by atoms with E-state index in [1.807, 2.05) is 77.4 Å². The highest BCUT2D eigenvalue weighted by Crippen LogP contribution is 2.28. The Hall–Kier alpha value is -4.25. The van der Waals surface area contributed by atoms with Crippen LogP contribution in [0.5, 0.6) is 0 Å². The van der Waals surface area contributed by atoms with E-state index in [-0.39, 0.29) is 11.7 Å². The average Bonchev–Trinajstić information content (AvgIpc) is 3.23. The van der Waals surface area contributed by atoms with Gasteiger partial charge in [0.15, 0.2) is 0 Å². The lowest BCUT2D eigenvalue weighted by molar-refractivity contribution is -0.123. The van der Waals surface area contributed by atoms with Crippen LogP contribution in [0, 0.1) is 5.82 Å². The van der Waals surface area contributed by atoms with Crippen molar-refractivity contribution in [2.75, 3.05) is 0 Å². The maximum absolute atomic E-state index is 13.7. The number of imidazole rings is 1. The summed E-state index contributed by atoms with van der Waals surface area (Å²) in [5, 5.41) is 3.05. The molecule has 5 heteroatoms. The van der Waals surface area contributed by atoms with Crippen LogP contribution in [0.25, 0.3) is 11.0 Å². The van der Waals surface area contributed by atoms with E-state index in [0.29, 0.717) is 13.0 Å². The first-order valence-electron chi connectivity index (χ1n) is 11.3. The van der Waals surface area contributed by atoms with Crippen LogP contribution in [0.4, 0.5) is 4.39 Å². The number of fused-ring (bicyclic) bond motifs is 1. The quantitative estimate of drug-likeness (QED) is 0.348. The number of nitrogens with zero attached hydrogens (tertiary/aromatic N) is 2. The number of hydrogen-bond acceptors (Lipinski definition) is 2. The first-order chi connectivity index (χ1) is 16.7. The highest BCUT2D eigenvalue weighted by Gasteiger charge is 2.27. The number of aromatic nitrogens is 2. The van der Waals surface area contributed by atoms with Gasteiger partial charge in [-0.25, -0.2) is 9.37 Å². The summed E-state index contributed by atoms with van der Waals surface area (Å²) in [7, 11) is 0. The van der Waals surface area contributed by atoms with Crippen molar-refractivity contribution in [3.8, 4) is 0 Å². The van der Waals surface area contributed by atoms with Crippen LogP contribution in [-0.2, 0) is 17.8 Å². The molecule has 34 heavy (non-hydrogen) atoms. The van der Waals surface area contributed by atoms with Crippen molar-refractivity contribution in [2.24, 2.45) is 0 Å². The van der Waals surface area contributed by atoms with Crippen LogP contribution >= 0.6 is 0 Å². The van der Waals surface area contributed by atoms with Gasteiger partial charge in [0.05, 0.1) is 11.0 Å². The molecule has 0 saturated heterocycles. The van der Waals surface area contributed by atoms with Crippen LogP contribution in [0.2, 0.25) is 0 Å². The molecule has 1 heterocycles. The summed E-state index contributed by atoms with van der Waals surface area (Å²) < 4.78 is 15.3. The van der Waals surface area contributed by atoms with Gasteiger partial charge >= 0.3 is 0 Å². The smallest absolute Gasteiger partial charge is 0.248 e. The Balaban J connectivity index is 1.57. The highest BCUT2D eigenvalue weighted by molar-refractivity contribution is 5.87. The number of halogens is 1. The second-order valence-electron chi connectivity index (χ2n) is 8.21. The zero-order chi connectivity index (χ0) is 23.3. The summed E-state index contributed by atoms with van der Waals surface area (Å²) in [5.41, 5.74) is 4.58. The van der Waals surface area contributed by atoms with Crippen molar-refractivity contribution in [1.82, 2.24) is 14.9 Å². The minimum Gasteiger partial charge on any atom is -0.350 e. The van der Waals surface area contributed by atoms with E-state index in [9.17, 15) is 9.18 Å². The Kier molecular flexibility index (Phi) is 6.17. The standard InChI is InChI=1S/C29H24FN3O/c30-24-17-15-22(16-18-24)20-31-29(34)28(23-11-5-2-6-12-23)33-26-14-8-7-13-25(26)32-27(33)19-21-9-3-1-4-10-21/h1-18,28H,19-20H2,(H,31,34).